The summed E-state index contributed by atoms with van der Waals surface area (Å²) < 4.78 is 0. The highest BCUT2D eigenvalue weighted by Crippen LogP contribution is 2.17. The number of anilines is 1. The van der Waals surface area contributed by atoms with Crippen molar-refractivity contribution in [3.63, 3.8) is 0 Å². The van der Waals surface area contributed by atoms with Crippen molar-refractivity contribution >= 4 is 34.1 Å². The maximum Gasteiger partial charge on any atom is 0.156 e. The van der Waals surface area contributed by atoms with Crippen LogP contribution in [0, 0.1) is 6.92 Å². The number of hydrogen-bond acceptors (Lipinski definition) is 2. The molecule has 2 rings (SSSR count). The van der Waals surface area contributed by atoms with Crippen LogP contribution in [0.25, 0.3) is 0 Å². The third kappa shape index (κ3) is 3.49. The highest BCUT2D eigenvalue weighted by atomic mass is 35.5. The normalized spacial score (nSPS) is 11.4. The molecule has 0 aliphatic heterocycles. The van der Waals surface area contributed by atoms with Crippen LogP contribution < -0.4 is 5.43 Å². The fourth-order valence-electron chi connectivity index (χ4n) is 1.55. The van der Waals surface area contributed by atoms with Crippen molar-refractivity contribution in [3.05, 3.63) is 64.7 Å². The summed E-state index contributed by atoms with van der Waals surface area (Å²) in [5, 5.41) is 5.15. The first-order chi connectivity index (χ1) is 8.65. The van der Waals surface area contributed by atoms with E-state index in [0.717, 1.165) is 16.8 Å². The van der Waals surface area contributed by atoms with Crippen molar-refractivity contribution < 1.29 is 0 Å². The molecular formula is C14H12Cl2N2. The Balaban J connectivity index is 2.18. The van der Waals surface area contributed by atoms with E-state index in [-0.39, 0.29) is 0 Å². The average molecular weight is 279 g/mol. The Morgan fingerprint density at radius 2 is 1.83 bits per heavy atom. The van der Waals surface area contributed by atoms with Gasteiger partial charge in [-0.05, 0) is 42.8 Å². The number of hydrazone groups is 1. The van der Waals surface area contributed by atoms with Crippen LogP contribution >= 0.6 is 23.2 Å². The van der Waals surface area contributed by atoms with Crippen molar-refractivity contribution in [1.29, 1.82) is 0 Å². The van der Waals surface area contributed by atoms with Gasteiger partial charge in [0.05, 0.1) is 5.69 Å². The molecular weight excluding hydrogens is 267 g/mol. The lowest BCUT2D eigenvalue weighted by Gasteiger charge is -2.03. The van der Waals surface area contributed by atoms with Gasteiger partial charge in [-0.3, -0.25) is 5.43 Å². The summed E-state index contributed by atoms with van der Waals surface area (Å²) in [6.07, 6.45) is 0. The van der Waals surface area contributed by atoms with Crippen LogP contribution in [-0.4, -0.2) is 5.17 Å². The molecule has 0 radical (unpaired) electrons. The van der Waals surface area contributed by atoms with E-state index in [2.05, 4.69) is 10.5 Å². The molecule has 92 valence electrons. The predicted molar refractivity (Wildman–Crippen MR) is 78.6 cm³/mol. The molecule has 4 heteroatoms. The van der Waals surface area contributed by atoms with Crippen molar-refractivity contribution in [2.45, 2.75) is 6.92 Å². The lowest BCUT2D eigenvalue weighted by Crippen LogP contribution is -1.97. The molecule has 0 unspecified atom stereocenters. The van der Waals surface area contributed by atoms with Gasteiger partial charge in [-0.25, -0.2) is 0 Å². The molecule has 0 saturated carbocycles. The molecule has 0 heterocycles. The monoisotopic (exact) mass is 278 g/mol. The fourth-order valence-corrected chi connectivity index (χ4v) is 1.99. The summed E-state index contributed by atoms with van der Waals surface area (Å²) in [6.45, 7) is 1.96. The van der Waals surface area contributed by atoms with E-state index in [1.54, 1.807) is 6.07 Å². The number of aryl methyl sites for hydroxylation is 1. The summed E-state index contributed by atoms with van der Waals surface area (Å²) in [5.74, 6) is 0. The van der Waals surface area contributed by atoms with Crippen LogP contribution in [0.15, 0.2) is 53.6 Å². The van der Waals surface area contributed by atoms with Crippen molar-refractivity contribution in [2.75, 3.05) is 5.43 Å². The molecule has 0 saturated heterocycles. The van der Waals surface area contributed by atoms with Crippen molar-refractivity contribution in [1.82, 2.24) is 0 Å². The summed E-state index contributed by atoms with van der Waals surface area (Å²) in [7, 11) is 0. The first kappa shape index (κ1) is 12.9. The first-order valence-electron chi connectivity index (χ1n) is 5.47. The fraction of sp³-hybridized carbons (Fsp3) is 0.0714. The number of halogens is 2. The molecule has 18 heavy (non-hydrogen) atoms. The van der Waals surface area contributed by atoms with Gasteiger partial charge in [0.1, 0.15) is 0 Å². The van der Waals surface area contributed by atoms with Gasteiger partial charge >= 0.3 is 0 Å². The Labute approximate surface area is 116 Å². The predicted octanol–water partition coefficient (Wildman–Crippen LogP) is 4.66. The molecule has 0 aliphatic rings. The quantitative estimate of drug-likeness (QED) is 0.641. The van der Waals surface area contributed by atoms with E-state index in [1.165, 1.54) is 0 Å². The zero-order valence-electron chi connectivity index (χ0n) is 9.82. The van der Waals surface area contributed by atoms with Gasteiger partial charge < -0.3 is 0 Å². The number of benzene rings is 2. The van der Waals surface area contributed by atoms with Crippen LogP contribution in [0.5, 0.6) is 0 Å². The average Bonchev–Trinajstić information content (AvgIpc) is 2.36. The molecule has 0 fully saturated rings. The maximum atomic E-state index is 6.13. The zero-order chi connectivity index (χ0) is 13.0. The number of nitrogens with zero attached hydrogens (tertiary/aromatic N) is 1. The van der Waals surface area contributed by atoms with Gasteiger partial charge in [0.25, 0.3) is 0 Å². The summed E-state index contributed by atoms with van der Waals surface area (Å²) in [5.41, 5.74) is 5.62. The highest BCUT2D eigenvalue weighted by Gasteiger charge is 2.02. The van der Waals surface area contributed by atoms with E-state index in [1.807, 2.05) is 49.4 Å². The Morgan fingerprint density at radius 3 is 2.50 bits per heavy atom. The van der Waals surface area contributed by atoms with Gasteiger partial charge in [-0.2, -0.15) is 5.10 Å². The number of para-hydroxylation sites is 1. The van der Waals surface area contributed by atoms with Crippen molar-refractivity contribution in [2.24, 2.45) is 5.10 Å². The van der Waals surface area contributed by atoms with Crippen LogP contribution in [0.4, 0.5) is 5.69 Å². The number of rotatable bonds is 3. The second kappa shape index (κ2) is 5.89. The molecule has 1 N–H and O–H groups in total. The Morgan fingerprint density at radius 1 is 1.11 bits per heavy atom. The molecule has 0 spiro atoms. The van der Waals surface area contributed by atoms with Crippen LogP contribution in [0.1, 0.15) is 11.1 Å². The minimum atomic E-state index is 0.379. The highest BCUT2D eigenvalue weighted by molar-refractivity contribution is 6.69. The minimum Gasteiger partial charge on any atom is -0.277 e. The molecule has 2 aromatic rings. The van der Waals surface area contributed by atoms with Gasteiger partial charge in [-0.15, -0.1) is 0 Å². The summed E-state index contributed by atoms with van der Waals surface area (Å²) in [4.78, 5) is 0. The molecule has 0 bridgehead atoms. The molecule has 2 aromatic carbocycles. The van der Waals surface area contributed by atoms with Gasteiger partial charge in [0.15, 0.2) is 5.17 Å². The standard InChI is InChI=1S/C14H12Cl2N2/c1-10-7-11(9-12(15)8-10)14(16)18-17-13-5-3-2-4-6-13/h2-9,17H,1H3. The lowest BCUT2D eigenvalue weighted by atomic mass is 10.1. The molecule has 2 nitrogen and oxygen atoms in total. The molecule has 0 amide bonds. The second-order valence-corrected chi connectivity index (χ2v) is 4.69. The first-order valence-corrected chi connectivity index (χ1v) is 6.22. The summed E-state index contributed by atoms with van der Waals surface area (Å²) >= 11 is 12.1. The summed E-state index contributed by atoms with van der Waals surface area (Å²) in [6, 6.07) is 15.2. The Kier molecular flexibility index (Phi) is 4.24. The van der Waals surface area contributed by atoms with Crippen LogP contribution in [0.3, 0.4) is 0 Å². The largest absolute Gasteiger partial charge is 0.277 e. The SMILES string of the molecule is Cc1cc(Cl)cc(C(Cl)=NNc2ccccc2)c1. The topological polar surface area (TPSA) is 24.4 Å². The molecule has 0 aliphatic carbocycles. The van der Waals surface area contributed by atoms with E-state index in [4.69, 9.17) is 23.2 Å². The third-order valence-corrected chi connectivity index (χ3v) is 2.86. The zero-order valence-corrected chi connectivity index (χ0v) is 11.3. The van der Waals surface area contributed by atoms with Crippen LogP contribution in [0.2, 0.25) is 5.02 Å². The van der Waals surface area contributed by atoms with E-state index >= 15 is 0 Å². The second-order valence-electron chi connectivity index (χ2n) is 3.90. The van der Waals surface area contributed by atoms with E-state index in [0.29, 0.717) is 10.2 Å². The third-order valence-electron chi connectivity index (χ3n) is 2.34. The smallest absolute Gasteiger partial charge is 0.156 e. The van der Waals surface area contributed by atoms with E-state index in [9.17, 15) is 0 Å². The number of hydrogen-bond donors (Lipinski definition) is 1. The van der Waals surface area contributed by atoms with Gasteiger partial charge in [-0.1, -0.05) is 41.4 Å². The minimum absolute atomic E-state index is 0.379. The maximum absolute atomic E-state index is 6.13. The number of nitrogens with one attached hydrogen (secondary N) is 1. The van der Waals surface area contributed by atoms with E-state index < -0.39 is 0 Å². The van der Waals surface area contributed by atoms with Crippen molar-refractivity contribution in [3.8, 4) is 0 Å². The Hall–Kier alpha value is -1.51. The van der Waals surface area contributed by atoms with Gasteiger partial charge in [0.2, 0.25) is 0 Å². The molecule has 0 aromatic heterocycles. The van der Waals surface area contributed by atoms with Crippen LogP contribution in [-0.2, 0) is 0 Å². The lowest BCUT2D eigenvalue weighted by molar-refractivity contribution is 1.34. The van der Waals surface area contributed by atoms with Gasteiger partial charge in [0, 0.05) is 10.6 Å². The Bertz CT molecular complexity index is 545. The molecule has 0 atom stereocenters.